The second kappa shape index (κ2) is 10.3. The third kappa shape index (κ3) is 5.12. The summed E-state index contributed by atoms with van der Waals surface area (Å²) in [6.07, 6.45) is 0. The molecule has 1 heterocycles. The molecule has 4 rings (SSSR count). The van der Waals surface area contributed by atoms with Crippen LogP contribution in [0.4, 0.5) is 11.5 Å². The number of nitrogens with one attached hydrogen (secondary N) is 1. The standard InChI is InChI=1S/C26H23ClN4O4/c1-35-21-14-19(27)12-13-20(21)25(33)30(15-17-8-4-2-5-9-17)22-23(28)31(26(34)29-24(22)32)16-18-10-6-3-7-11-18/h2-14H,15-16,28H2,1H3,(H,29,32,34). The number of rotatable bonds is 7. The van der Waals surface area contributed by atoms with Gasteiger partial charge in [0.05, 0.1) is 25.8 Å². The van der Waals surface area contributed by atoms with E-state index in [1.54, 1.807) is 6.07 Å². The summed E-state index contributed by atoms with van der Waals surface area (Å²) >= 11 is 6.07. The first kappa shape index (κ1) is 23.8. The highest BCUT2D eigenvalue weighted by Gasteiger charge is 2.27. The monoisotopic (exact) mass is 490 g/mol. The molecular weight excluding hydrogens is 468 g/mol. The van der Waals surface area contributed by atoms with Gasteiger partial charge in [0.2, 0.25) is 0 Å². The lowest BCUT2D eigenvalue weighted by molar-refractivity contribution is 0.0982. The van der Waals surface area contributed by atoms with Gasteiger partial charge >= 0.3 is 5.69 Å². The molecule has 1 aromatic heterocycles. The molecule has 0 spiro atoms. The van der Waals surface area contributed by atoms with Gasteiger partial charge in [-0.3, -0.25) is 24.0 Å². The molecule has 0 saturated carbocycles. The predicted octanol–water partition coefficient (Wildman–Crippen LogP) is 3.68. The Kier molecular flexibility index (Phi) is 7.03. The summed E-state index contributed by atoms with van der Waals surface area (Å²) in [5.74, 6) is -0.419. The number of H-pyrrole nitrogens is 1. The van der Waals surface area contributed by atoms with Crippen LogP contribution in [0.25, 0.3) is 0 Å². The molecule has 0 aliphatic carbocycles. The van der Waals surface area contributed by atoms with Gasteiger partial charge in [0.15, 0.2) is 5.69 Å². The van der Waals surface area contributed by atoms with Crippen molar-refractivity contribution in [3.8, 4) is 5.75 Å². The molecule has 3 N–H and O–H groups in total. The lowest BCUT2D eigenvalue weighted by Crippen LogP contribution is -2.41. The van der Waals surface area contributed by atoms with E-state index in [0.29, 0.717) is 5.02 Å². The minimum absolute atomic E-state index is 0.0300. The predicted molar refractivity (Wildman–Crippen MR) is 136 cm³/mol. The number of hydrogen-bond donors (Lipinski definition) is 2. The zero-order chi connectivity index (χ0) is 24.9. The number of nitrogen functional groups attached to an aromatic ring is 1. The van der Waals surface area contributed by atoms with Crippen LogP contribution in [-0.4, -0.2) is 22.6 Å². The number of aromatic amines is 1. The number of benzene rings is 3. The molecule has 0 bridgehead atoms. The summed E-state index contributed by atoms with van der Waals surface area (Å²) in [7, 11) is 1.42. The quantitative estimate of drug-likeness (QED) is 0.410. The largest absolute Gasteiger partial charge is 0.496 e. The van der Waals surface area contributed by atoms with Crippen molar-refractivity contribution in [2.24, 2.45) is 0 Å². The summed E-state index contributed by atoms with van der Waals surface area (Å²) in [5.41, 5.74) is 6.57. The topological polar surface area (TPSA) is 110 Å². The Balaban J connectivity index is 1.88. The zero-order valence-electron chi connectivity index (χ0n) is 18.9. The molecule has 0 aliphatic rings. The first-order valence-corrected chi connectivity index (χ1v) is 11.1. The lowest BCUT2D eigenvalue weighted by atomic mass is 10.1. The maximum atomic E-state index is 13.8. The fraction of sp³-hybridized carbons (Fsp3) is 0.115. The fourth-order valence-electron chi connectivity index (χ4n) is 3.77. The summed E-state index contributed by atoms with van der Waals surface area (Å²) in [6.45, 7) is 0.148. The number of halogens is 1. The molecule has 178 valence electrons. The van der Waals surface area contributed by atoms with Gasteiger partial charge < -0.3 is 10.5 Å². The van der Waals surface area contributed by atoms with Crippen molar-refractivity contribution in [2.75, 3.05) is 17.7 Å². The van der Waals surface area contributed by atoms with E-state index in [0.717, 1.165) is 11.1 Å². The number of carbonyl (C=O) groups excluding carboxylic acids is 1. The third-order valence-corrected chi connectivity index (χ3v) is 5.73. The molecular formula is C26H23ClN4O4. The number of nitrogens with zero attached hydrogens (tertiary/aromatic N) is 2. The van der Waals surface area contributed by atoms with Gasteiger partial charge in [-0.1, -0.05) is 72.3 Å². The Morgan fingerprint density at radius 3 is 2.26 bits per heavy atom. The van der Waals surface area contributed by atoms with Gasteiger partial charge in [-0.15, -0.1) is 0 Å². The van der Waals surface area contributed by atoms with Crippen molar-refractivity contribution in [1.29, 1.82) is 0 Å². The Labute approximate surface area is 206 Å². The molecule has 9 heteroatoms. The van der Waals surface area contributed by atoms with E-state index in [1.165, 1.54) is 28.7 Å². The van der Waals surface area contributed by atoms with Crippen LogP contribution >= 0.6 is 11.6 Å². The molecule has 0 radical (unpaired) electrons. The van der Waals surface area contributed by atoms with Gasteiger partial charge in [-0.2, -0.15) is 0 Å². The van der Waals surface area contributed by atoms with Crippen molar-refractivity contribution in [1.82, 2.24) is 9.55 Å². The van der Waals surface area contributed by atoms with E-state index in [2.05, 4.69) is 4.98 Å². The van der Waals surface area contributed by atoms with Crippen molar-refractivity contribution >= 4 is 29.0 Å². The zero-order valence-corrected chi connectivity index (χ0v) is 19.7. The van der Waals surface area contributed by atoms with E-state index in [9.17, 15) is 14.4 Å². The van der Waals surface area contributed by atoms with Gasteiger partial charge in [0.25, 0.3) is 11.5 Å². The Morgan fingerprint density at radius 2 is 1.63 bits per heavy atom. The van der Waals surface area contributed by atoms with Crippen LogP contribution in [0.1, 0.15) is 21.5 Å². The summed E-state index contributed by atoms with van der Waals surface area (Å²) < 4.78 is 6.59. The summed E-state index contributed by atoms with van der Waals surface area (Å²) in [4.78, 5) is 43.1. The van der Waals surface area contributed by atoms with Gasteiger partial charge in [0.1, 0.15) is 11.6 Å². The molecule has 0 saturated heterocycles. The van der Waals surface area contributed by atoms with Crippen LogP contribution in [0.15, 0.2) is 88.5 Å². The van der Waals surface area contributed by atoms with Crippen molar-refractivity contribution in [2.45, 2.75) is 13.1 Å². The second-order valence-electron chi connectivity index (χ2n) is 7.79. The third-order valence-electron chi connectivity index (χ3n) is 5.49. The first-order chi connectivity index (χ1) is 16.9. The lowest BCUT2D eigenvalue weighted by Gasteiger charge is -2.25. The van der Waals surface area contributed by atoms with E-state index >= 15 is 0 Å². The number of anilines is 2. The SMILES string of the molecule is COc1cc(Cl)ccc1C(=O)N(Cc1ccccc1)c1c(N)n(Cc2ccccc2)c(=O)[nH]c1=O. The van der Waals surface area contributed by atoms with E-state index in [1.807, 2.05) is 60.7 Å². The average molecular weight is 491 g/mol. The number of carbonyl (C=O) groups is 1. The highest BCUT2D eigenvalue weighted by Crippen LogP contribution is 2.28. The highest BCUT2D eigenvalue weighted by atomic mass is 35.5. The van der Waals surface area contributed by atoms with Crippen LogP contribution < -0.4 is 26.6 Å². The highest BCUT2D eigenvalue weighted by molar-refractivity contribution is 6.31. The number of hydrogen-bond acceptors (Lipinski definition) is 5. The number of ether oxygens (including phenoxy) is 1. The Bertz CT molecular complexity index is 1470. The molecule has 0 fully saturated rings. The van der Waals surface area contributed by atoms with E-state index in [-0.39, 0.29) is 35.9 Å². The van der Waals surface area contributed by atoms with Gasteiger partial charge in [-0.25, -0.2) is 4.79 Å². The normalized spacial score (nSPS) is 10.7. The van der Waals surface area contributed by atoms with Crippen molar-refractivity contribution < 1.29 is 9.53 Å². The van der Waals surface area contributed by atoms with Crippen LogP contribution in [-0.2, 0) is 13.1 Å². The first-order valence-electron chi connectivity index (χ1n) is 10.7. The van der Waals surface area contributed by atoms with E-state index < -0.39 is 17.2 Å². The Morgan fingerprint density at radius 1 is 1.00 bits per heavy atom. The minimum atomic E-state index is -0.769. The number of aromatic nitrogens is 2. The maximum Gasteiger partial charge on any atom is 0.330 e. The molecule has 8 nitrogen and oxygen atoms in total. The molecule has 4 aromatic rings. The minimum Gasteiger partial charge on any atom is -0.496 e. The fourth-order valence-corrected chi connectivity index (χ4v) is 3.93. The van der Waals surface area contributed by atoms with Crippen molar-refractivity contribution in [3.05, 3.63) is 121 Å². The summed E-state index contributed by atoms with van der Waals surface area (Å²) in [6, 6.07) is 22.9. The van der Waals surface area contributed by atoms with Crippen LogP contribution in [0.3, 0.4) is 0 Å². The second-order valence-corrected chi connectivity index (χ2v) is 8.22. The summed E-state index contributed by atoms with van der Waals surface area (Å²) in [5, 5.41) is 0.391. The van der Waals surface area contributed by atoms with Gasteiger partial charge in [-0.05, 0) is 29.3 Å². The van der Waals surface area contributed by atoms with Crippen LogP contribution in [0.5, 0.6) is 5.75 Å². The number of amides is 1. The molecule has 0 unspecified atom stereocenters. The molecule has 1 amide bonds. The van der Waals surface area contributed by atoms with Crippen LogP contribution in [0.2, 0.25) is 5.02 Å². The molecule has 0 aliphatic heterocycles. The smallest absolute Gasteiger partial charge is 0.330 e. The van der Waals surface area contributed by atoms with Crippen LogP contribution in [0, 0.1) is 0 Å². The Hall–Kier alpha value is -4.30. The number of nitrogens with two attached hydrogens (primary N) is 1. The van der Waals surface area contributed by atoms with Crippen molar-refractivity contribution in [3.63, 3.8) is 0 Å². The van der Waals surface area contributed by atoms with E-state index in [4.69, 9.17) is 22.1 Å². The molecule has 0 atom stereocenters. The number of methoxy groups -OCH3 is 1. The average Bonchev–Trinajstić information content (AvgIpc) is 2.86. The maximum absolute atomic E-state index is 13.8. The van der Waals surface area contributed by atoms with Gasteiger partial charge in [0, 0.05) is 5.02 Å². The molecule has 3 aromatic carbocycles. The molecule has 35 heavy (non-hydrogen) atoms.